The van der Waals surface area contributed by atoms with E-state index in [1.807, 2.05) is 19.1 Å². The first-order chi connectivity index (χ1) is 12.8. The molecule has 5 nitrogen and oxygen atoms in total. The van der Waals surface area contributed by atoms with Crippen LogP contribution in [-0.4, -0.2) is 14.3 Å². The first-order valence-corrected chi connectivity index (χ1v) is 10.4. The van der Waals surface area contributed by atoms with Crippen LogP contribution in [0.2, 0.25) is 0 Å². The predicted octanol–water partition coefficient (Wildman–Crippen LogP) is 4.81. The van der Waals surface area contributed by atoms with Crippen LogP contribution in [0.25, 0.3) is 0 Å². The van der Waals surface area contributed by atoms with Crippen molar-refractivity contribution >= 4 is 43.2 Å². The molecule has 3 aromatic carbocycles. The number of rotatable bonds is 5. The van der Waals surface area contributed by atoms with E-state index in [0.717, 1.165) is 10.0 Å². The summed E-state index contributed by atoms with van der Waals surface area (Å²) in [6.45, 7) is 1.93. The van der Waals surface area contributed by atoms with Gasteiger partial charge in [0, 0.05) is 21.4 Å². The lowest BCUT2D eigenvalue weighted by molar-refractivity contribution is 0.102. The van der Waals surface area contributed by atoms with Gasteiger partial charge in [0.25, 0.3) is 15.9 Å². The van der Waals surface area contributed by atoms with Gasteiger partial charge in [-0.1, -0.05) is 40.2 Å². The molecule has 0 atom stereocenters. The Morgan fingerprint density at radius 3 is 2.33 bits per heavy atom. The van der Waals surface area contributed by atoms with Crippen molar-refractivity contribution in [1.29, 1.82) is 0 Å². The molecule has 7 heteroatoms. The van der Waals surface area contributed by atoms with Crippen LogP contribution in [-0.2, 0) is 10.0 Å². The molecular weight excluding hydrogens is 428 g/mol. The smallest absolute Gasteiger partial charge is 0.261 e. The maximum Gasteiger partial charge on any atom is 0.261 e. The molecule has 0 aliphatic carbocycles. The largest absolute Gasteiger partial charge is 0.322 e. The van der Waals surface area contributed by atoms with Crippen LogP contribution in [0.3, 0.4) is 0 Å². The Labute approximate surface area is 166 Å². The average Bonchev–Trinajstić information content (AvgIpc) is 2.65. The van der Waals surface area contributed by atoms with Crippen LogP contribution in [0.15, 0.2) is 82.2 Å². The lowest BCUT2D eigenvalue weighted by atomic mass is 10.1. The third-order valence-corrected chi connectivity index (χ3v) is 6.13. The van der Waals surface area contributed by atoms with E-state index in [0.29, 0.717) is 16.9 Å². The van der Waals surface area contributed by atoms with Crippen LogP contribution in [0.5, 0.6) is 0 Å². The molecule has 0 unspecified atom stereocenters. The lowest BCUT2D eigenvalue weighted by Crippen LogP contribution is -2.15. The molecule has 27 heavy (non-hydrogen) atoms. The summed E-state index contributed by atoms with van der Waals surface area (Å²) in [5.41, 5.74) is 2.33. The quantitative estimate of drug-likeness (QED) is 0.592. The molecule has 0 bridgehead atoms. The van der Waals surface area contributed by atoms with Crippen molar-refractivity contribution in [3.8, 4) is 0 Å². The highest BCUT2D eigenvalue weighted by Gasteiger charge is 2.15. The van der Waals surface area contributed by atoms with Crippen molar-refractivity contribution < 1.29 is 13.2 Å². The van der Waals surface area contributed by atoms with E-state index in [1.165, 1.54) is 18.2 Å². The van der Waals surface area contributed by atoms with Crippen molar-refractivity contribution in [3.05, 3.63) is 88.4 Å². The summed E-state index contributed by atoms with van der Waals surface area (Å²) in [6, 6.07) is 19.9. The Morgan fingerprint density at radius 2 is 1.63 bits per heavy atom. The zero-order chi connectivity index (χ0) is 19.4. The van der Waals surface area contributed by atoms with Gasteiger partial charge in [-0.25, -0.2) is 8.42 Å². The number of halogens is 1. The Hall–Kier alpha value is -2.64. The van der Waals surface area contributed by atoms with Crippen molar-refractivity contribution in [3.63, 3.8) is 0 Å². The molecule has 0 saturated heterocycles. The summed E-state index contributed by atoms with van der Waals surface area (Å²) in [6.07, 6.45) is 0. The Bertz CT molecular complexity index is 1080. The van der Waals surface area contributed by atoms with Crippen molar-refractivity contribution in [2.75, 3.05) is 10.0 Å². The molecule has 0 heterocycles. The predicted molar refractivity (Wildman–Crippen MR) is 111 cm³/mol. The van der Waals surface area contributed by atoms with E-state index in [2.05, 4.69) is 26.0 Å². The molecule has 0 aromatic heterocycles. The topological polar surface area (TPSA) is 75.3 Å². The van der Waals surface area contributed by atoms with Crippen LogP contribution in [0.1, 0.15) is 15.9 Å². The fourth-order valence-corrected chi connectivity index (χ4v) is 3.78. The van der Waals surface area contributed by atoms with Crippen LogP contribution in [0.4, 0.5) is 11.4 Å². The third kappa shape index (κ3) is 4.75. The second kappa shape index (κ2) is 7.94. The SMILES string of the molecule is Cc1cc(NC(=O)c2cccc(NS(=O)(=O)c3ccccc3)c2)ccc1Br. The molecule has 0 aliphatic rings. The average molecular weight is 445 g/mol. The summed E-state index contributed by atoms with van der Waals surface area (Å²) in [5, 5.41) is 2.81. The van der Waals surface area contributed by atoms with Gasteiger partial charge < -0.3 is 5.32 Å². The van der Waals surface area contributed by atoms with Gasteiger partial charge in [0.15, 0.2) is 0 Å². The number of carbonyl (C=O) groups is 1. The summed E-state index contributed by atoms with van der Waals surface area (Å²) in [4.78, 5) is 12.7. The lowest BCUT2D eigenvalue weighted by Gasteiger charge is -2.10. The minimum atomic E-state index is -3.71. The molecule has 0 aliphatic heterocycles. The van der Waals surface area contributed by atoms with Gasteiger partial charge >= 0.3 is 0 Å². The third-order valence-electron chi connectivity index (χ3n) is 3.85. The Balaban J connectivity index is 1.79. The second-order valence-corrected chi connectivity index (χ2v) is 8.45. The van der Waals surface area contributed by atoms with Gasteiger partial charge in [0.1, 0.15) is 0 Å². The normalized spacial score (nSPS) is 11.0. The maximum atomic E-state index is 12.5. The number of amides is 1. The highest BCUT2D eigenvalue weighted by molar-refractivity contribution is 9.10. The summed E-state index contributed by atoms with van der Waals surface area (Å²) in [5.74, 6) is -0.322. The highest BCUT2D eigenvalue weighted by atomic mass is 79.9. The Kier molecular flexibility index (Phi) is 5.62. The van der Waals surface area contributed by atoms with Gasteiger partial charge in [-0.15, -0.1) is 0 Å². The molecule has 0 fully saturated rings. The summed E-state index contributed by atoms with van der Waals surface area (Å²) >= 11 is 3.42. The number of hydrogen-bond acceptors (Lipinski definition) is 3. The molecular formula is C20H17BrN2O3S. The van der Waals surface area contributed by atoms with E-state index in [9.17, 15) is 13.2 Å². The van der Waals surface area contributed by atoms with Crippen LogP contribution < -0.4 is 10.0 Å². The molecule has 0 radical (unpaired) electrons. The number of nitrogens with one attached hydrogen (secondary N) is 2. The van der Waals surface area contributed by atoms with Crippen molar-refractivity contribution in [1.82, 2.24) is 0 Å². The fourth-order valence-electron chi connectivity index (χ4n) is 2.46. The maximum absolute atomic E-state index is 12.5. The fraction of sp³-hybridized carbons (Fsp3) is 0.0500. The van der Waals surface area contributed by atoms with E-state index in [1.54, 1.807) is 42.5 Å². The first kappa shape index (κ1) is 19.1. The molecule has 138 valence electrons. The zero-order valence-electron chi connectivity index (χ0n) is 14.4. The molecule has 0 saturated carbocycles. The minimum absolute atomic E-state index is 0.158. The minimum Gasteiger partial charge on any atom is -0.322 e. The summed E-state index contributed by atoms with van der Waals surface area (Å²) < 4.78 is 28.3. The van der Waals surface area contributed by atoms with E-state index >= 15 is 0 Å². The van der Waals surface area contributed by atoms with E-state index in [-0.39, 0.29) is 10.8 Å². The zero-order valence-corrected chi connectivity index (χ0v) is 16.8. The van der Waals surface area contributed by atoms with Gasteiger partial charge in [0.05, 0.1) is 4.90 Å². The molecule has 2 N–H and O–H groups in total. The molecule has 1 amide bonds. The van der Waals surface area contributed by atoms with Gasteiger partial charge in [0.2, 0.25) is 0 Å². The van der Waals surface area contributed by atoms with Gasteiger partial charge in [-0.3, -0.25) is 9.52 Å². The van der Waals surface area contributed by atoms with Crippen LogP contribution >= 0.6 is 15.9 Å². The van der Waals surface area contributed by atoms with Crippen molar-refractivity contribution in [2.24, 2.45) is 0 Å². The number of sulfonamides is 1. The number of aryl methyl sites for hydroxylation is 1. The second-order valence-electron chi connectivity index (χ2n) is 5.92. The first-order valence-electron chi connectivity index (χ1n) is 8.10. The molecule has 3 aromatic rings. The summed E-state index contributed by atoms with van der Waals surface area (Å²) in [7, 11) is -3.71. The molecule has 0 spiro atoms. The Morgan fingerprint density at radius 1 is 0.889 bits per heavy atom. The standard InChI is InChI=1S/C20H17BrN2O3S/c1-14-12-16(10-11-19(14)21)22-20(24)15-6-5-7-17(13-15)23-27(25,26)18-8-3-2-4-9-18/h2-13,23H,1H3,(H,22,24). The number of benzene rings is 3. The van der Waals surface area contributed by atoms with Gasteiger partial charge in [-0.2, -0.15) is 0 Å². The number of carbonyl (C=O) groups excluding carboxylic acids is 1. The monoisotopic (exact) mass is 444 g/mol. The number of hydrogen-bond donors (Lipinski definition) is 2. The number of anilines is 2. The highest BCUT2D eigenvalue weighted by Crippen LogP contribution is 2.21. The van der Waals surface area contributed by atoms with E-state index < -0.39 is 10.0 Å². The van der Waals surface area contributed by atoms with E-state index in [4.69, 9.17) is 0 Å². The molecule has 3 rings (SSSR count). The van der Waals surface area contributed by atoms with Crippen LogP contribution in [0, 0.1) is 6.92 Å². The van der Waals surface area contributed by atoms with Gasteiger partial charge in [-0.05, 0) is 61.0 Å². The van der Waals surface area contributed by atoms with Crippen molar-refractivity contribution in [2.45, 2.75) is 11.8 Å².